The van der Waals surface area contributed by atoms with Crippen LogP contribution in [0.5, 0.6) is 5.75 Å². The molecule has 2 heterocycles. The highest BCUT2D eigenvalue weighted by Gasteiger charge is 2.42. The number of nitrogens with one attached hydrogen (secondary N) is 1. The van der Waals surface area contributed by atoms with Gasteiger partial charge in [-0.3, -0.25) is 4.79 Å². The Morgan fingerprint density at radius 1 is 1.17 bits per heavy atom. The van der Waals surface area contributed by atoms with Gasteiger partial charge in [0.25, 0.3) is 0 Å². The molecule has 1 aromatic heterocycles. The molecule has 3 N–H and O–H groups in total. The first kappa shape index (κ1) is 22.3. The van der Waals surface area contributed by atoms with Gasteiger partial charge < -0.3 is 19.8 Å². The highest BCUT2D eigenvalue weighted by molar-refractivity contribution is 5.85. The van der Waals surface area contributed by atoms with Gasteiger partial charge in [-0.25, -0.2) is 4.79 Å². The number of hydrogen-bond acceptors (Lipinski definition) is 4. The fourth-order valence-electron chi connectivity index (χ4n) is 5.24. The number of aryl methyl sites for hydroxylation is 2. The first-order valence-electron chi connectivity index (χ1n) is 10.7. The molecule has 164 valence electrons. The molecule has 1 aromatic carbocycles. The molecule has 1 aliphatic rings. The third-order valence-electron chi connectivity index (χ3n) is 6.17. The van der Waals surface area contributed by atoms with Gasteiger partial charge in [-0.15, -0.1) is 0 Å². The Hall–Kier alpha value is -2.34. The van der Waals surface area contributed by atoms with Crippen LogP contribution in [0.3, 0.4) is 0 Å². The van der Waals surface area contributed by atoms with Crippen molar-refractivity contribution in [2.45, 2.75) is 84.3 Å². The molecule has 1 saturated heterocycles. The summed E-state index contributed by atoms with van der Waals surface area (Å²) in [7, 11) is 1.60. The molecule has 30 heavy (non-hydrogen) atoms. The number of nitrogens with two attached hydrogens (primary N) is 1. The van der Waals surface area contributed by atoms with E-state index < -0.39 is 0 Å². The summed E-state index contributed by atoms with van der Waals surface area (Å²) in [4.78, 5) is 25.3. The Balaban J connectivity index is 1.74. The summed E-state index contributed by atoms with van der Waals surface area (Å²) in [6, 6.07) is 3.94. The van der Waals surface area contributed by atoms with Crippen molar-refractivity contribution in [2.24, 2.45) is 0 Å². The quantitative estimate of drug-likeness (QED) is 0.736. The number of amides is 1. The van der Waals surface area contributed by atoms with Gasteiger partial charge in [0.15, 0.2) is 0 Å². The van der Waals surface area contributed by atoms with Crippen LogP contribution >= 0.6 is 0 Å². The summed E-state index contributed by atoms with van der Waals surface area (Å²) >= 11 is 0. The zero-order valence-corrected chi connectivity index (χ0v) is 19.3. The van der Waals surface area contributed by atoms with E-state index in [4.69, 9.17) is 9.15 Å². The van der Waals surface area contributed by atoms with Crippen molar-refractivity contribution in [1.82, 2.24) is 5.32 Å². The van der Waals surface area contributed by atoms with Crippen molar-refractivity contribution in [2.75, 3.05) is 7.11 Å². The lowest BCUT2D eigenvalue weighted by Gasteiger charge is -2.43. The summed E-state index contributed by atoms with van der Waals surface area (Å²) in [5, 5.41) is 6.47. The van der Waals surface area contributed by atoms with E-state index in [1.165, 1.54) is 0 Å². The molecule has 0 bridgehead atoms. The molecular weight excluding hydrogens is 380 g/mol. The lowest BCUT2D eigenvalue weighted by atomic mass is 9.79. The topological polar surface area (TPSA) is 85.1 Å². The second kappa shape index (κ2) is 8.06. The summed E-state index contributed by atoms with van der Waals surface area (Å²) in [6.45, 7) is 12.7. The van der Waals surface area contributed by atoms with Crippen LogP contribution in [0.15, 0.2) is 21.3 Å². The molecule has 0 aliphatic carbocycles. The molecule has 1 fully saturated rings. The van der Waals surface area contributed by atoms with Crippen LogP contribution in [0.1, 0.15) is 63.6 Å². The van der Waals surface area contributed by atoms with Crippen molar-refractivity contribution < 1.29 is 19.3 Å². The maximum atomic E-state index is 12.7. The maximum Gasteiger partial charge on any atom is 0.339 e. The van der Waals surface area contributed by atoms with Gasteiger partial charge in [-0.1, -0.05) is 0 Å². The molecule has 0 saturated carbocycles. The van der Waals surface area contributed by atoms with E-state index >= 15 is 0 Å². The molecule has 0 spiro atoms. The zero-order chi connectivity index (χ0) is 22.3. The molecule has 6 nitrogen and oxygen atoms in total. The number of carbonyl (C=O) groups excluding carboxylic acids is 1. The highest BCUT2D eigenvalue weighted by Crippen LogP contribution is 2.29. The van der Waals surface area contributed by atoms with Gasteiger partial charge in [-0.05, 0) is 65.7 Å². The molecule has 1 aliphatic heterocycles. The zero-order valence-electron chi connectivity index (χ0n) is 19.3. The third-order valence-corrected chi connectivity index (χ3v) is 6.17. The standard InChI is InChI=1S/C24H34N2O4/c1-14-17-8-10-19(29-7)15(2)21(17)30-22(28)18(14)9-11-20(27)25-16-12-23(3,4)26-24(5,6)13-16/h8,10,16,26H,9,11-13H2,1-7H3,(H,25,27)/p+1. The molecule has 6 heteroatoms. The van der Waals surface area contributed by atoms with Crippen LogP contribution in [-0.4, -0.2) is 30.1 Å². The number of hydrogen-bond donors (Lipinski definition) is 2. The van der Waals surface area contributed by atoms with E-state index in [-0.39, 0.29) is 35.1 Å². The normalized spacial score (nSPS) is 18.4. The Morgan fingerprint density at radius 2 is 1.80 bits per heavy atom. The average Bonchev–Trinajstić information content (AvgIpc) is 2.59. The smallest absolute Gasteiger partial charge is 0.339 e. The van der Waals surface area contributed by atoms with Crippen LogP contribution < -0.4 is 21.0 Å². The van der Waals surface area contributed by atoms with Crippen LogP contribution in [0.4, 0.5) is 0 Å². The number of benzene rings is 1. The van der Waals surface area contributed by atoms with Gasteiger partial charge in [0.05, 0.1) is 18.2 Å². The van der Waals surface area contributed by atoms with Gasteiger partial charge in [0.2, 0.25) is 5.91 Å². The number of methoxy groups -OCH3 is 1. The number of rotatable bonds is 5. The van der Waals surface area contributed by atoms with Gasteiger partial charge in [-0.2, -0.15) is 0 Å². The van der Waals surface area contributed by atoms with E-state index in [9.17, 15) is 9.59 Å². The molecule has 0 radical (unpaired) electrons. The van der Waals surface area contributed by atoms with Gasteiger partial charge in [0, 0.05) is 41.8 Å². The first-order chi connectivity index (χ1) is 13.9. The average molecular weight is 416 g/mol. The lowest BCUT2D eigenvalue weighted by molar-refractivity contribution is -0.787. The molecule has 0 unspecified atom stereocenters. The SMILES string of the molecule is COc1ccc2c(C)c(CCC(=O)NC3CC(C)(C)[NH2+]C(C)(C)C3)c(=O)oc2c1C. The first-order valence-corrected chi connectivity index (χ1v) is 10.7. The van der Waals surface area contributed by atoms with Crippen molar-refractivity contribution >= 4 is 16.9 Å². The van der Waals surface area contributed by atoms with E-state index in [0.717, 1.165) is 29.4 Å². The third kappa shape index (κ3) is 4.69. The van der Waals surface area contributed by atoms with Crippen LogP contribution in [0.2, 0.25) is 0 Å². The molecule has 1 amide bonds. The van der Waals surface area contributed by atoms with Crippen molar-refractivity contribution in [3.05, 3.63) is 39.2 Å². The summed E-state index contributed by atoms with van der Waals surface area (Å²) in [5.74, 6) is 0.672. The fraction of sp³-hybridized carbons (Fsp3) is 0.583. The minimum atomic E-state index is -0.376. The number of quaternary nitrogens is 1. The predicted molar refractivity (Wildman–Crippen MR) is 118 cm³/mol. The van der Waals surface area contributed by atoms with Crippen molar-refractivity contribution in [1.29, 1.82) is 0 Å². The maximum absolute atomic E-state index is 12.7. The Morgan fingerprint density at radius 3 is 2.40 bits per heavy atom. The number of carbonyl (C=O) groups is 1. The van der Waals surface area contributed by atoms with E-state index in [0.29, 0.717) is 23.3 Å². The lowest BCUT2D eigenvalue weighted by Crippen LogP contribution is -3.06. The van der Waals surface area contributed by atoms with Crippen molar-refractivity contribution in [3.8, 4) is 5.75 Å². The Labute approximate surface area is 178 Å². The van der Waals surface area contributed by atoms with Crippen LogP contribution in [0, 0.1) is 13.8 Å². The molecule has 0 atom stereocenters. The largest absolute Gasteiger partial charge is 0.496 e. The van der Waals surface area contributed by atoms with Gasteiger partial charge in [0.1, 0.15) is 11.3 Å². The second-order valence-corrected chi connectivity index (χ2v) is 10.1. The Bertz CT molecular complexity index is 1000. The summed E-state index contributed by atoms with van der Waals surface area (Å²) in [6.07, 6.45) is 2.50. The minimum Gasteiger partial charge on any atom is -0.496 e. The van der Waals surface area contributed by atoms with Crippen molar-refractivity contribution in [3.63, 3.8) is 0 Å². The van der Waals surface area contributed by atoms with Crippen LogP contribution in [-0.2, 0) is 11.2 Å². The highest BCUT2D eigenvalue weighted by atomic mass is 16.5. The minimum absolute atomic E-state index is 0.0155. The number of ether oxygens (including phenoxy) is 1. The van der Waals surface area contributed by atoms with E-state index in [2.05, 4.69) is 38.3 Å². The van der Waals surface area contributed by atoms with Gasteiger partial charge >= 0.3 is 5.63 Å². The predicted octanol–water partition coefficient (Wildman–Crippen LogP) is 2.75. The fourth-order valence-corrected chi connectivity index (χ4v) is 5.24. The number of fused-ring (bicyclic) bond motifs is 1. The molecule has 3 rings (SSSR count). The van der Waals surface area contributed by atoms with E-state index in [1.54, 1.807) is 7.11 Å². The summed E-state index contributed by atoms with van der Waals surface area (Å²) < 4.78 is 10.9. The second-order valence-electron chi connectivity index (χ2n) is 10.1. The van der Waals surface area contributed by atoms with Crippen LogP contribution in [0.25, 0.3) is 11.0 Å². The molecular formula is C24H35N2O4+. The summed E-state index contributed by atoms with van der Waals surface area (Å²) in [5.41, 5.74) is 2.60. The molecule has 2 aromatic rings. The monoisotopic (exact) mass is 415 g/mol. The number of piperidine rings is 1. The Kier molecular flexibility index (Phi) is 6.01. The van der Waals surface area contributed by atoms with E-state index in [1.807, 2.05) is 26.0 Å².